The normalized spacial score (nSPS) is 10.8. The topological polar surface area (TPSA) is 70.4 Å². The molecule has 19 heavy (non-hydrogen) atoms. The molecular weight excluding hydrogens is 242 g/mol. The Morgan fingerprint density at radius 2 is 1.95 bits per heavy atom. The monoisotopic (exact) mass is 259 g/mol. The van der Waals surface area contributed by atoms with Crippen molar-refractivity contribution in [3.05, 3.63) is 41.6 Å². The van der Waals surface area contributed by atoms with E-state index in [1.807, 2.05) is 30.3 Å². The van der Waals surface area contributed by atoms with Crippen molar-refractivity contribution in [2.45, 2.75) is 25.7 Å². The zero-order valence-corrected chi connectivity index (χ0v) is 10.7. The number of carboxylic acid groups (broad SMARTS) is 1. The summed E-state index contributed by atoms with van der Waals surface area (Å²) in [5.41, 5.74) is 1.62. The van der Waals surface area contributed by atoms with Crippen molar-refractivity contribution >= 4 is 16.9 Å². The van der Waals surface area contributed by atoms with Gasteiger partial charge in [0, 0.05) is 12.0 Å². The standard InChI is InChI=1S/C15H17NO3/c17-9-5-1-2-7-12-10-11-6-3-4-8-13(11)16-14(12)15(18)19/h3-4,6,8,10,17H,1-2,5,7,9H2,(H,18,19). The molecule has 100 valence electrons. The van der Waals surface area contributed by atoms with Gasteiger partial charge in [-0.15, -0.1) is 0 Å². The van der Waals surface area contributed by atoms with Crippen molar-refractivity contribution < 1.29 is 15.0 Å². The molecule has 4 heteroatoms. The summed E-state index contributed by atoms with van der Waals surface area (Å²) < 4.78 is 0. The fourth-order valence-electron chi connectivity index (χ4n) is 2.14. The highest BCUT2D eigenvalue weighted by Crippen LogP contribution is 2.19. The Morgan fingerprint density at radius 1 is 1.16 bits per heavy atom. The smallest absolute Gasteiger partial charge is 0.354 e. The van der Waals surface area contributed by atoms with Gasteiger partial charge in [-0.3, -0.25) is 0 Å². The fraction of sp³-hybridized carbons (Fsp3) is 0.333. The number of carboxylic acids is 1. The summed E-state index contributed by atoms with van der Waals surface area (Å²) >= 11 is 0. The Balaban J connectivity index is 2.28. The third kappa shape index (κ3) is 3.29. The molecule has 0 bridgehead atoms. The molecule has 0 amide bonds. The van der Waals surface area contributed by atoms with E-state index in [4.69, 9.17) is 5.11 Å². The predicted octanol–water partition coefficient (Wildman–Crippen LogP) is 2.64. The number of hydrogen-bond donors (Lipinski definition) is 2. The summed E-state index contributed by atoms with van der Waals surface area (Å²) in [6.07, 6.45) is 3.19. The molecule has 0 aliphatic carbocycles. The van der Waals surface area contributed by atoms with Crippen LogP contribution in [0.4, 0.5) is 0 Å². The van der Waals surface area contributed by atoms with Gasteiger partial charge in [0.15, 0.2) is 5.69 Å². The lowest BCUT2D eigenvalue weighted by Gasteiger charge is -2.07. The van der Waals surface area contributed by atoms with Crippen LogP contribution in [-0.2, 0) is 6.42 Å². The van der Waals surface area contributed by atoms with Crippen LogP contribution in [0.15, 0.2) is 30.3 Å². The van der Waals surface area contributed by atoms with Gasteiger partial charge in [0.05, 0.1) is 5.52 Å². The molecule has 2 aromatic rings. The van der Waals surface area contributed by atoms with Crippen molar-refractivity contribution in [3.8, 4) is 0 Å². The fourth-order valence-corrected chi connectivity index (χ4v) is 2.14. The third-order valence-corrected chi connectivity index (χ3v) is 3.11. The van der Waals surface area contributed by atoms with Gasteiger partial charge in [0.2, 0.25) is 0 Å². The minimum atomic E-state index is -0.983. The first-order chi connectivity index (χ1) is 9.22. The van der Waals surface area contributed by atoms with E-state index in [1.165, 1.54) is 0 Å². The molecule has 0 saturated carbocycles. The van der Waals surface area contributed by atoms with E-state index < -0.39 is 5.97 Å². The van der Waals surface area contributed by atoms with Gasteiger partial charge in [-0.2, -0.15) is 0 Å². The van der Waals surface area contributed by atoms with Crippen LogP contribution in [0.25, 0.3) is 10.9 Å². The molecule has 0 unspecified atom stereocenters. The van der Waals surface area contributed by atoms with E-state index in [2.05, 4.69) is 4.98 Å². The van der Waals surface area contributed by atoms with Crippen molar-refractivity contribution in [2.75, 3.05) is 6.61 Å². The molecule has 0 spiro atoms. The first kappa shape index (κ1) is 13.5. The number of aromatic nitrogens is 1. The van der Waals surface area contributed by atoms with Crippen LogP contribution in [0.1, 0.15) is 35.3 Å². The molecule has 0 fully saturated rings. The van der Waals surface area contributed by atoms with E-state index in [-0.39, 0.29) is 12.3 Å². The number of hydrogen-bond acceptors (Lipinski definition) is 3. The Hall–Kier alpha value is -1.94. The lowest BCUT2D eigenvalue weighted by molar-refractivity contribution is 0.0689. The van der Waals surface area contributed by atoms with Crippen molar-refractivity contribution in [3.63, 3.8) is 0 Å². The van der Waals surface area contributed by atoms with Gasteiger partial charge in [0.25, 0.3) is 0 Å². The van der Waals surface area contributed by atoms with Crippen LogP contribution in [0, 0.1) is 0 Å². The van der Waals surface area contributed by atoms with Gasteiger partial charge >= 0.3 is 5.97 Å². The highest BCUT2D eigenvalue weighted by atomic mass is 16.4. The summed E-state index contributed by atoms with van der Waals surface area (Å²) in [4.78, 5) is 15.5. The number of aliphatic hydroxyl groups is 1. The molecule has 1 aromatic carbocycles. The quantitative estimate of drug-likeness (QED) is 0.782. The maximum absolute atomic E-state index is 11.3. The summed E-state index contributed by atoms with van der Waals surface area (Å²) in [6, 6.07) is 9.43. The summed E-state index contributed by atoms with van der Waals surface area (Å²) in [5.74, 6) is -0.983. The van der Waals surface area contributed by atoms with Gasteiger partial charge in [-0.1, -0.05) is 24.6 Å². The molecule has 4 nitrogen and oxygen atoms in total. The average Bonchev–Trinajstić information content (AvgIpc) is 2.42. The SMILES string of the molecule is O=C(O)c1nc2ccccc2cc1CCCCCO. The van der Waals surface area contributed by atoms with Crippen LogP contribution in [-0.4, -0.2) is 27.8 Å². The van der Waals surface area contributed by atoms with E-state index in [0.29, 0.717) is 11.9 Å². The van der Waals surface area contributed by atoms with Crippen molar-refractivity contribution in [1.82, 2.24) is 4.98 Å². The lowest BCUT2D eigenvalue weighted by Crippen LogP contribution is -2.06. The number of aliphatic hydroxyl groups excluding tert-OH is 1. The van der Waals surface area contributed by atoms with E-state index in [9.17, 15) is 9.90 Å². The molecule has 0 aliphatic heterocycles. The molecule has 2 rings (SSSR count). The largest absolute Gasteiger partial charge is 0.477 e. The Labute approximate surface area is 111 Å². The molecule has 2 N–H and O–H groups in total. The maximum Gasteiger partial charge on any atom is 0.354 e. The van der Waals surface area contributed by atoms with Crippen molar-refractivity contribution in [1.29, 1.82) is 0 Å². The van der Waals surface area contributed by atoms with E-state index in [1.54, 1.807) is 0 Å². The highest BCUT2D eigenvalue weighted by Gasteiger charge is 2.13. The zero-order chi connectivity index (χ0) is 13.7. The lowest BCUT2D eigenvalue weighted by atomic mass is 10.0. The summed E-state index contributed by atoms with van der Waals surface area (Å²) in [7, 11) is 0. The van der Waals surface area contributed by atoms with Crippen LogP contribution >= 0.6 is 0 Å². The van der Waals surface area contributed by atoms with Crippen molar-refractivity contribution in [2.24, 2.45) is 0 Å². The Kier molecular flexibility index (Phi) is 4.47. The second-order valence-electron chi connectivity index (χ2n) is 4.53. The van der Waals surface area contributed by atoms with Crippen LogP contribution in [0.5, 0.6) is 0 Å². The third-order valence-electron chi connectivity index (χ3n) is 3.11. The number of nitrogens with zero attached hydrogens (tertiary/aromatic N) is 1. The minimum Gasteiger partial charge on any atom is -0.477 e. The first-order valence-corrected chi connectivity index (χ1v) is 6.45. The highest BCUT2D eigenvalue weighted by molar-refractivity contribution is 5.91. The second kappa shape index (κ2) is 6.29. The first-order valence-electron chi connectivity index (χ1n) is 6.45. The maximum atomic E-state index is 11.3. The Bertz CT molecular complexity index is 581. The van der Waals surface area contributed by atoms with Gasteiger partial charge in [0.1, 0.15) is 0 Å². The molecule has 0 atom stereocenters. The predicted molar refractivity (Wildman–Crippen MR) is 73.3 cm³/mol. The number of para-hydroxylation sites is 1. The van der Waals surface area contributed by atoms with E-state index >= 15 is 0 Å². The number of pyridine rings is 1. The van der Waals surface area contributed by atoms with Gasteiger partial charge in [-0.05, 0) is 37.0 Å². The summed E-state index contributed by atoms with van der Waals surface area (Å²) in [6.45, 7) is 0.182. The minimum absolute atomic E-state index is 0.141. The van der Waals surface area contributed by atoms with Crippen LogP contribution in [0.3, 0.4) is 0 Å². The second-order valence-corrected chi connectivity index (χ2v) is 4.53. The molecule has 0 aliphatic rings. The molecule has 1 heterocycles. The molecular formula is C15H17NO3. The van der Waals surface area contributed by atoms with E-state index in [0.717, 1.165) is 30.2 Å². The average molecular weight is 259 g/mol. The summed E-state index contributed by atoms with van der Waals surface area (Å²) in [5, 5.41) is 18.9. The number of rotatable bonds is 6. The van der Waals surface area contributed by atoms with Gasteiger partial charge in [-0.25, -0.2) is 9.78 Å². The number of aryl methyl sites for hydroxylation is 1. The van der Waals surface area contributed by atoms with Crippen LogP contribution in [0.2, 0.25) is 0 Å². The number of fused-ring (bicyclic) bond motifs is 1. The van der Waals surface area contributed by atoms with Crippen LogP contribution < -0.4 is 0 Å². The zero-order valence-electron chi connectivity index (χ0n) is 10.7. The Morgan fingerprint density at radius 3 is 2.68 bits per heavy atom. The number of aromatic carboxylic acids is 1. The van der Waals surface area contributed by atoms with Gasteiger partial charge < -0.3 is 10.2 Å². The molecule has 0 radical (unpaired) electrons. The molecule has 1 aromatic heterocycles. The number of benzene rings is 1. The number of carbonyl (C=O) groups is 1. The number of unbranched alkanes of at least 4 members (excludes halogenated alkanes) is 2. The molecule has 0 saturated heterocycles.